The van der Waals surface area contributed by atoms with Gasteiger partial charge in [-0.05, 0) is 49.5 Å². The Labute approximate surface area is 109 Å². The highest BCUT2D eigenvalue weighted by Crippen LogP contribution is 2.30. The SMILES string of the molecule is C[S@@](=O)c1cc(C(=O)O)ccc1C1CCNCC1. The van der Waals surface area contributed by atoms with Crippen LogP contribution < -0.4 is 5.32 Å². The number of carboxylic acid groups (broad SMARTS) is 1. The number of rotatable bonds is 3. The van der Waals surface area contributed by atoms with E-state index in [4.69, 9.17) is 5.11 Å². The van der Waals surface area contributed by atoms with Crippen LogP contribution in [0.3, 0.4) is 0 Å². The molecule has 0 bridgehead atoms. The third-order valence-corrected chi connectivity index (χ3v) is 4.32. The van der Waals surface area contributed by atoms with Crippen molar-refractivity contribution >= 4 is 16.8 Å². The molecular weight excluding hydrogens is 250 g/mol. The summed E-state index contributed by atoms with van der Waals surface area (Å²) in [6, 6.07) is 4.99. The maximum atomic E-state index is 11.8. The molecule has 98 valence electrons. The van der Waals surface area contributed by atoms with Crippen molar-refractivity contribution < 1.29 is 14.1 Å². The van der Waals surface area contributed by atoms with Crippen molar-refractivity contribution in [2.45, 2.75) is 23.7 Å². The molecule has 1 aliphatic heterocycles. The highest BCUT2D eigenvalue weighted by atomic mass is 32.2. The first kappa shape index (κ1) is 13.2. The predicted octanol–water partition coefficient (Wildman–Crippen LogP) is 1.59. The van der Waals surface area contributed by atoms with E-state index in [0.29, 0.717) is 10.8 Å². The van der Waals surface area contributed by atoms with E-state index < -0.39 is 16.8 Å². The summed E-state index contributed by atoms with van der Waals surface area (Å²) in [5.74, 6) is -0.591. The minimum absolute atomic E-state index is 0.206. The van der Waals surface area contributed by atoms with Crippen LogP contribution in [0.5, 0.6) is 0 Å². The van der Waals surface area contributed by atoms with Crippen LogP contribution in [0.15, 0.2) is 23.1 Å². The molecule has 0 radical (unpaired) electrons. The lowest BCUT2D eigenvalue weighted by molar-refractivity contribution is 0.0696. The van der Waals surface area contributed by atoms with Crippen LogP contribution in [0, 0.1) is 0 Å². The van der Waals surface area contributed by atoms with Crippen molar-refractivity contribution in [1.29, 1.82) is 0 Å². The monoisotopic (exact) mass is 267 g/mol. The van der Waals surface area contributed by atoms with Crippen molar-refractivity contribution in [2.75, 3.05) is 19.3 Å². The third kappa shape index (κ3) is 2.79. The number of carbonyl (C=O) groups is 1. The van der Waals surface area contributed by atoms with Crippen molar-refractivity contribution in [2.24, 2.45) is 0 Å². The predicted molar refractivity (Wildman–Crippen MR) is 70.6 cm³/mol. The summed E-state index contributed by atoms with van der Waals surface area (Å²) in [6.45, 7) is 1.92. The number of carboxylic acids is 1. The molecule has 1 aromatic rings. The summed E-state index contributed by atoms with van der Waals surface area (Å²) in [6.07, 6.45) is 3.62. The lowest BCUT2D eigenvalue weighted by atomic mass is 9.89. The van der Waals surface area contributed by atoms with Crippen LogP contribution in [0.2, 0.25) is 0 Å². The Morgan fingerprint density at radius 2 is 2.06 bits per heavy atom. The quantitative estimate of drug-likeness (QED) is 0.873. The number of aromatic carboxylic acids is 1. The molecule has 1 fully saturated rings. The minimum Gasteiger partial charge on any atom is -0.478 e. The molecule has 18 heavy (non-hydrogen) atoms. The first-order chi connectivity index (χ1) is 8.59. The van der Waals surface area contributed by atoms with Gasteiger partial charge in [0, 0.05) is 11.2 Å². The van der Waals surface area contributed by atoms with E-state index in [1.165, 1.54) is 0 Å². The summed E-state index contributed by atoms with van der Waals surface area (Å²) < 4.78 is 11.8. The molecule has 1 heterocycles. The second kappa shape index (κ2) is 5.63. The fourth-order valence-corrected chi connectivity index (χ4v) is 3.25. The van der Waals surface area contributed by atoms with E-state index in [2.05, 4.69) is 5.32 Å². The van der Waals surface area contributed by atoms with Crippen LogP contribution in [0.25, 0.3) is 0 Å². The maximum absolute atomic E-state index is 11.8. The smallest absolute Gasteiger partial charge is 0.335 e. The topological polar surface area (TPSA) is 66.4 Å². The Morgan fingerprint density at radius 3 is 2.61 bits per heavy atom. The molecule has 0 amide bonds. The molecule has 4 nitrogen and oxygen atoms in total. The molecular formula is C13H17NO3S. The van der Waals surface area contributed by atoms with E-state index in [9.17, 15) is 9.00 Å². The molecule has 2 rings (SSSR count). The van der Waals surface area contributed by atoms with Crippen molar-refractivity contribution in [1.82, 2.24) is 5.32 Å². The molecule has 1 aromatic carbocycles. The van der Waals surface area contributed by atoms with E-state index >= 15 is 0 Å². The van der Waals surface area contributed by atoms with Crippen LogP contribution in [0.4, 0.5) is 0 Å². The lowest BCUT2D eigenvalue weighted by Gasteiger charge is -2.24. The highest BCUT2D eigenvalue weighted by Gasteiger charge is 2.20. The molecule has 0 unspecified atom stereocenters. The average Bonchev–Trinajstić information content (AvgIpc) is 2.39. The number of nitrogens with one attached hydrogen (secondary N) is 1. The second-order valence-corrected chi connectivity index (χ2v) is 5.88. The Bertz CT molecular complexity index is 481. The van der Waals surface area contributed by atoms with Crippen molar-refractivity contribution in [3.8, 4) is 0 Å². The summed E-state index contributed by atoms with van der Waals surface area (Å²) in [5, 5.41) is 12.3. The van der Waals surface area contributed by atoms with Gasteiger partial charge in [0.1, 0.15) is 0 Å². The molecule has 0 spiro atoms. The fraction of sp³-hybridized carbons (Fsp3) is 0.462. The second-order valence-electron chi connectivity index (χ2n) is 4.54. The standard InChI is InChI=1S/C13H17NO3S/c1-18(17)12-8-10(13(15)16)2-3-11(12)9-4-6-14-7-5-9/h2-3,8-9,14H,4-7H2,1H3,(H,15,16)/t18-/m1/s1. The minimum atomic E-state index is -1.15. The van der Waals surface area contributed by atoms with Gasteiger partial charge in [-0.2, -0.15) is 0 Å². The highest BCUT2D eigenvalue weighted by molar-refractivity contribution is 7.84. The maximum Gasteiger partial charge on any atom is 0.335 e. The third-order valence-electron chi connectivity index (χ3n) is 3.35. The van der Waals surface area contributed by atoms with Gasteiger partial charge in [0.25, 0.3) is 0 Å². The fourth-order valence-electron chi connectivity index (χ4n) is 2.39. The van der Waals surface area contributed by atoms with Gasteiger partial charge in [-0.1, -0.05) is 6.07 Å². The number of hydrogen-bond donors (Lipinski definition) is 2. The molecule has 1 atom stereocenters. The van der Waals surface area contributed by atoms with Gasteiger partial charge in [-0.3, -0.25) is 4.21 Å². The van der Waals surface area contributed by atoms with Crippen LogP contribution >= 0.6 is 0 Å². The van der Waals surface area contributed by atoms with Crippen LogP contribution in [-0.2, 0) is 10.8 Å². The molecule has 5 heteroatoms. The van der Waals surface area contributed by atoms with Gasteiger partial charge in [0.15, 0.2) is 0 Å². The van der Waals surface area contributed by atoms with Gasteiger partial charge in [-0.15, -0.1) is 0 Å². The average molecular weight is 267 g/mol. The Balaban J connectivity index is 2.39. The van der Waals surface area contributed by atoms with E-state index in [0.717, 1.165) is 31.5 Å². The molecule has 0 aromatic heterocycles. The van der Waals surface area contributed by atoms with Crippen LogP contribution in [-0.4, -0.2) is 34.6 Å². The summed E-state index contributed by atoms with van der Waals surface area (Å²) >= 11 is 0. The molecule has 2 N–H and O–H groups in total. The summed E-state index contributed by atoms with van der Waals surface area (Å²) in [5.41, 5.74) is 1.25. The number of piperidine rings is 1. The van der Waals surface area contributed by atoms with Crippen LogP contribution in [0.1, 0.15) is 34.7 Å². The van der Waals surface area contributed by atoms with E-state index in [1.54, 1.807) is 18.4 Å². The number of hydrogen-bond acceptors (Lipinski definition) is 3. The van der Waals surface area contributed by atoms with Gasteiger partial charge in [0.2, 0.25) is 0 Å². The van der Waals surface area contributed by atoms with Gasteiger partial charge in [-0.25, -0.2) is 4.79 Å². The summed E-state index contributed by atoms with van der Waals surface area (Å²) in [4.78, 5) is 11.6. The van der Waals surface area contributed by atoms with Gasteiger partial charge < -0.3 is 10.4 Å². The Kier molecular flexibility index (Phi) is 4.14. The Hall–Kier alpha value is -1.20. The Morgan fingerprint density at radius 1 is 1.39 bits per heavy atom. The molecule has 1 aliphatic rings. The first-order valence-electron chi connectivity index (χ1n) is 6.01. The zero-order valence-corrected chi connectivity index (χ0v) is 11.1. The lowest BCUT2D eigenvalue weighted by Crippen LogP contribution is -2.27. The normalized spacial score (nSPS) is 18.5. The molecule has 0 saturated carbocycles. The number of benzene rings is 1. The van der Waals surface area contributed by atoms with Crippen molar-refractivity contribution in [3.63, 3.8) is 0 Å². The zero-order valence-electron chi connectivity index (χ0n) is 10.3. The van der Waals surface area contributed by atoms with E-state index in [1.807, 2.05) is 6.07 Å². The van der Waals surface area contributed by atoms with Gasteiger partial charge >= 0.3 is 5.97 Å². The molecule has 1 saturated heterocycles. The zero-order chi connectivity index (χ0) is 13.1. The van der Waals surface area contributed by atoms with Gasteiger partial charge in [0.05, 0.1) is 16.4 Å². The largest absolute Gasteiger partial charge is 0.478 e. The first-order valence-corrected chi connectivity index (χ1v) is 7.57. The van der Waals surface area contributed by atoms with Crippen molar-refractivity contribution in [3.05, 3.63) is 29.3 Å². The summed E-state index contributed by atoms with van der Waals surface area (Å²) in [7, 11) is -1.15. The van der Waals surface area contributed by atoms with E-state index in [-0.39, 0.29) is 5.56 Å². The molecule has 0 aliphatic carbocycles.